The highest BCUT2D eigenvalue weighted by Crippen LogP contribution is 2.39. The summed E-state index contributed by atoms with van der Waals surface area (Å²) in [6, 6.07) is 3.78. The molecular weight excluding hydrogens is 260 g/mol. The SMILES string of the molecule is C=CCc1cc(O)c2c(c1)O[C@](C)(CCC=C(C)C)C=C2. The van der Waals surface area contributed by atoms with Gasteiger partial charge in [0.25, 0.3) is 0 Å². The van der Waals surface area contributed by atoms with Crippen molar-refractivity contribution in [2.24, 2.45) is 0 Å². The van der Waals surface area contributed by atoms with Crippen LogP contribution >= 0.6 is 0 Å². The standard InChI is InChI=1S/C19H24O2/c1-5-7-15-12-17(20)16-9-11-19(4,21-18(16)13-15)10-6-8-14(2)3/h5,8-9,11-13,20H,1,6-7,10H2,2-4H3/t19-/m1/s1. The van der Waals surface area contributed by atoms with Crippen LogP contribution in [0.25, 0.3) is 6.08 Å². The van der Waals surface area contributed by atoms with Crippen molar-refractivity contribution in [2.45, 2.75) is 45.6 Å². The van der Waals surface area contributed by atoms with Gasteiger partial charge in [-0.3, -0.25) is 0 Å². The Hall–Kier alpha value is -1.96. The van der Waals surface area contributed by atoms with Gasteiger partial charge in [0.15, 0.2) is 0 Å². The summed E-state index contributed by atoms with van der Waals surface area (Å²) in [6.07, 6.45) is 10.7. The Balaban J connectivity index is 2.22. The number of phenols is 1. The number of phenolic OH excluding ortho intramolecular Hbond substituents is 1. The zero-order valence-corrected chi connectivity index (χ0v) is 13.1. The predicted octanol–water partition coefficient (Wildman–Crippen LogP) is 5.03. The van der Waals surface area contributed by atoms with Gasteiger partial charge in [0.1, 0.15) is 17.1 Å². The molecule has 0 fully saturated rings. The van der Waals surface area contributed by atoms with Crippen molar-refractivity contribution in [3.8, 4) is 11.5 Å². The molecule has 2 rings (SSSR count). The summed E-state index contributed by atoms with van der Waals surface area (Å²) in [6.45, 7) is 10.0. The molecule has 1 atom stereocenters. The molecule has 2 nitrogen and oxygen atoms in total. The first-order chi connectivity index (χ1) is 9.93. The third kappa shape index (κ3) is 3.78. The molecule has 2 heteroatoms. The Morgan fingerprint density at radius 1 is 1.38 bits per heavy atom. The maximum absolute atomic E-state index is 10.1. The quantitative estimate of drug-likeness (QED) is 0.768. The lowest BCUT2D eigenvalue weighted by atomic mass is 9.93. The lowest BCUT2D eigenvalue weighted by molar-refractivity contribution is 0.128. The van der Waals surface area contributed by atoms with E-state index in [0.717, 1.165) is 36.1 Å². The highest BCUT2D eigenvalue weighted by Gasteiger charge is 2.28. The molecule has 21 heavy (non-hydrogen) atoms. The number of allylic oxidation sites excluding steroid dienone is 3. The molecule has 0 bridgehead atoms. The van der Waals surface area contributed by atoms with Gasteiger partial charge < -0.3 is 9.84 Å². The van der Waals surface area contributed by atoms with Crippen LogP contribution in [0, 0.1) is 0 Å². The Morgan fingerprint density at radius 3 is 2.81 bits per heavy atom. The molecule has 0 amide bonds. The molecule has 1 aliphatic rings. The van der Waals surface area contributed by atoms with Crippen molar-refractivity contribution >= 4 is 6.08 Å². The minimum atomic E-state index is -0.321. The molecule has 0 aliphatic carbocycles. The maximum atomic E-state index is 10.1. The van der Waals surface area contributed by atoms with Crippen molar-refractivity contribution in [3.63, 3.8) is 0 Å². The van der Waals surface area contributed by atoms with Crippen LogP contribution in [0.3, 0.4) is 0 Å². The third-order valence-electron chi connectivity index (χ3n) is 3.70. The Labute approximate surface area is 127 Å². The minimum Gasteiger partial charge on any atom is -0.507 e. The summed E-state index contributed by atoms with van der Waals surface area (Å²) in [4.78, 5) is 0. The summed E-state index contributed by atoms with van der Waals surface area (Å²) < 4.78 is 6.16. The van der Waals surface area contributed by atoms with Gasteiger partial charge in [0, 0.05) is 0 Å². The second kappa shape index (κ2) is 6.21. The topological polar surface area (TPSA) is 29.5 Å². The van der Waals surface area contributed by atoms with E-state index in [0.29, 0.717) is 0 Å². The first-order valence-electron chi connectivity index (χ1n) is 7.42. The fourth-order valence-electron chi connectivity index (χ4n) is 2.53. The van der Waals surface area contributed by atoms with E-state index >= 15 is 0 Å². The maximum Gasteiger partial charge on any atom is 0.131 e. The van der Waals surface area contributed by atoms with Crippen LogP contribution in [0.15, 0.2) is 42.5 Å². The number of fused-ring (bicyclic) bond motifs is 1. The van der Waals surface area contributed by atoms with Crippen LogP contribution < -0.4 is 4.74 Å². The fraction of sp³-hybridized carbons (Fsp3) is 0.368. The smallest absolute Gasteiger partial charge is 0.131 e. The van der Waals surface area contributed by atoms with E-state index in [1.54, 1.807) is 6.07 Å². The molecule has 1 heterocycles. The molecule has 0 saturated carbocycles. The zero-order valence-electron chi connectivity index (χ0n) is 13.1. The lowest BCUT2D eigenvalue weighted by Gasteiger charge is -2.32. The summed E-state index contributed by atoms with van der Waals surface area (Å²) in [5.41, 5.74) is 2.79. The van der Waals surface area contributed by atoms with E-state index < -0.39 is 0 Å². The van der Waals surface area contributed by atoms with E-state index in [2.05, 4.69) is 33.4 Å². The number of hydrogen-bond donors (Lipinski definition) is 1. The molecule has 0 saturated heterocycles. The number of aromatic hydroxyl groups is 1. The second-order valence-electron chi connectivity index (χ2n) is 6.09. The molecule has 1 aliphatic heterocycles. The molecule has 0 spiro atoms. The molecule has 0 aromatic heterocycles. The zero-order chi connectivity index (χ0) is 15.5. The first-order valence-corrected chi connectivity index (χ1v) is 7.42. The summed E-state index contributed by atoms with van der Waals surface area (Å²) >= 11 is 0. The number of ether oxygens (including phenoxy) is 1. The van der Waals surface area contributed by atoms with E-state index in [-0.39, 0.29) is 11.4 Å². The van der Waals surface area contributed by atoms with Gasteiger partial charge in [-0.25, -0.2) is 0 Å². The molecular formula is C19H24O2. The van der Waals surface area contributed by atoms with Crippen molar-refractivity contribution in [2.75, 3.05) is 0 Å². The van der Waals surface area contributed by atoms with Crippen LogP contribution in [-0.2, 0) is 6.42 Å². The van der Waals surface area contributed by atoms with Gasteiger partial charge in [-0.05, 0) is 69.9 Å². The fourth-order valence-corrected chi connectivity index (χ4v) is 2.53. The van der Waals surface area contributed by atoms with Crippen molar-refractivity contribution in [1.82, 2.24) is 0 Å². The van der Waals surface area contributed by atoms with Crippen LogP contribution in [0.4, 0.5) is 0 Å². The molecule has 1 N–H and O–H groups in total. The molecule has 0 radical (unpaired) electrons. The number of benzene rings is 1. The van der Waals surface area contributed by atoms with Gasteiger partial charge in [-0.1, -0.05) is 17.7 Å². The van der Waals surface area contributed by atoms with Gasteiger partial charge in [-0.2, -0.15) is 0 Å². The van der Waals surface area contributed by atoms with E-state index in [1.807, 2.05) is 24.3 Å². The summed E-state index contributed by atoms with van der Waals surface area (Å²) in [5, 5.41) is 10.1. The highest BCUT2D eigenvalue weighted by atomic mass is 16.5. The van der Waals surface area contributed by atoms with Crippen LogP contribution in [-0.4, -0.2) is 10.7 Å². The average Bonchev–Trinajstić information content (AvgIpc) is 2.37. The van der Waals surface area contributed by atoms with Crippen LogP contribution in [0.5, 0.6) is 11.5 Å². The Morgan fingerprint density at radius 2 is 2.14 bits per heavy atom. The van der Waals surface area contributed by atoms with E-state index in [1.165, 1.54) is 5.57 Å². The van der Waals surface area contributed by atoms with E-state index in [4.69, 9.17) is 4.74 Å². The van der Waals surface area contributed by atoms with Gasteiger partial charge in [0.05, 0.1) is 5.56 Å². The molecule has 1 aromatic rings. The van der Waals surface area contributed by atoms with Crippen molar-refractivity contribution in [3.05, 3.63) is 53.6 Å². The highest BCUT2D eigenvalue weighted by molar-refractivity contribution is 5.67. The monoisotopic (exact) mass is 284 g/mol. The summed E-state index contributed by atoms with van der Waals surface area (Å²) in [7, 11) is 0. The van der Waals surface area contributed by atoms with Crippen LogP contribution in [0.1, 0.15) is 44.7 Å². The molecule has 112 valence electrons. The van der Waals surface area contributed by atoms with Gasteiger partial charge >= 0.3 is 0 Å². The van der Waals surface area contributed by atoms with Crippen LogP contribution in [0.2, 0.25) is 0 Å². The third-order valence-corrected chi connectivity index (χ3v) is 3.70. The number of hydrogen-bond acceptors (Lipinski definition) is 2. The van der Waals surface area contributed by atoms with Crippen molar-refractivity contribution < 1.29 is 9.84 Å². The Kier molecular flexibility index (Phi) is 4.56. The molecule has 0 unspecified atom stereocenters. The predicted molar refractivity (Wildman–Crippen MR) is 88.7 cm³/mol. The largest absolute Gasteiger partial charge is 0.507 e. The second-order valence-corrected chi connectivity index (χ2v) is 6.09. The minimum absolute atomic E-state index is 0.270. The van der Waals surface area contributed by atoms with E-state index in [9.17, 15) is 5.11 Å². The summed E-state index contributed by atoms with van der Waals surface area (Å²) in [5.74, 6) is 1.03. The number of rotatable bonds is 5. The Bertz CT molecular complexity index is 592. The molecule has 1 aromatic carbocycles. The van der Waals surface area contributed by atoms with Gasteiger partial charge in [-0.15, -0.1) is 6.58 Å². The van der Waals surface area contributed by atoms with Crippen molar-refractivity contribution in [1.29, 1.82) is 0 Å². The average molecular weight is 284 g/mol. The lowest BCUT2D eigenvalue weighted by Crippen LogP contribution is -2.31. The van der Waals surface area contributed by atoms with Gasteiger partial charge in [0.2, 0.25) is 0 Å². The normalized spacial score (nSPS) is 19.6. The first kappa shape index (κ1) is 15.4.